The van der Waals surface area contributed by atoms with Crippen molar-refractivity contribution in [2.24, 2.45) is 0 Å². The molecule has 0 aliphatic rings. The minimum absolute atomic E-state index is 0.0257. The van der Waals surface area contributed by atoms with Crippen molar-refractivity contribution in [3.63, 3.8) is 0 Å². The first-order valence-corrected chi connectivity index (χ1v) is 7.26. The fourth-order valence-electron chi connectivity index (χ4n) is 1.84. The van der Waals surface area contributed by atoms with Crippen LogP contribution < -0.4 is 4.74 Å². The van der Waals surface area contributed by atoms with Crippen LogP contribution in [0.3, 0.4) is 0 Å². The number of halogens is 6. The summed E-state index contributed by atoms with van der Waals surface area (Å²) >= 11 is 11.9. The van der Waals surface area contributed by atoms with Gasteiger partial charge in [-0.25, -0.2) is 4.39 Å². The summed E-state index contributed by atoms with van der Waals surface area (Å²) in [7, 11) is 0. The molecule has 3 rings (SSSR count). The molecule has 0 fully saturated rings. The summed E-state index contributed by atoms with van der Waals surface area (Å²) in [5, 5.41) is 3.36. The van der Waals surface area contributed by atoms with Crippen molar-refractivity contribution in [1.82, 2.24) is 10.1 Å². The Hall–Kier alpha value is -2.32. The highest BCUT2D eigenvalue weighted by atomic mass is 35.5. The van der Waals surface area contributed by atoms with Crippen LogP contribution in [0.4, 0.5) is 17.6 Å². The van der Waals surface area contributed by atoms with E-state index in [0.29, 0.717) is 0 Å². The SMILES string of the molecule is Fc1c(Oc2c(Cl)cccc2Cl)[c]ccc1-c1noc(C(F)(F)F)n1. The maximum atomic E-state index is 14.6. The largest absolute Gasteiger partial charge is 0.471 e. The molecule has 2 aromatic carbocycles. The monoisotopic (exact) mass is 391 g/mol. The number of benzene rings is 2. The first-order chi connectivity index (χ1) is 11.8. The van der Waals surface area contributed by atoms with E-state index in [9.17, 15) is 17.6 Å². The molecule has 0 spiro atoms. The molecule has 0 saturated heterocycles. The molecule has 1 aromatic heterocycles. The van der Waals surface area contributed by atoms with E-state index in [1.807, 2.05) is 0 Å². The van der Waals surface area contributed by atoms with Crippen molar-refractivity contribution in [1.29, 1.82) is 0 Å². The summed E-state index contributed by atoms with van der Waals surface area (Å²) in [5.41, 5.74) is -0.365. The van der Waals surface area contributed by atoms with Crippen LogP contribution >= 0.6 is 23.2 Å². The Kier molecular flexibility index (Phi) is 4.57. The molecule has 0 aliphatic carbocycles. The number of ether oxygens (including phenoxy) is 1. The number of rotatable bonds is 3. The van der Waals surface area contributed by atoms with E-state index in [4.69, 9.17) is 27.9 Å². The molecule has 0 atom stereocenters. The van der Waals surface area contributed by atoms with Crippen molar-refractivity contribution in [2.45, 2.75) is 6.18 Å². The molecule has 1 radical (unpaired) electrons. The summed E-state index contributed by atoms with van der Waals surface area (Å²) < 4.78 is 61.5. The van der Waals surface area contributed by atoms with Gasteiger partial charge in [-0.3, -0.25) is 0 Å². The highest BCUT2D eigenvalue weighted by molar-refractivity contribution is 6.37. The summed E-state index contributed by atoms with van der Waals surface area (Å²) in [6, 6.07) is 9.32. The maximum absolute atomic E-state index is 14.6. The zero-order valence-electron chi connectivity index (χ0n) is 11.9. The number of hydrogen-bond acceptors (Lipinski definition) is 4. The van der Waals surface area contributed by atoms with E-state index in [1.165, 1.54) is 18.2 Å². The van der Waals surface area contributed by atoms with Gasteiger partial charge in [-0.05, 0) is 24.3 Å². The first kappa shape index (κ1) is 17.5. The Balaban J connectivity index is 2.00. The van der Waals surface area contributed by atoms with Gasteiger partial charge in [-0.15, -0.1) is 0 Å². The van der Waals surface area contributed by atoms with Crippen molar-refractivity contribution >= 4 is 23.2 Å². The second-order valence-electron chi connectivity index (χ2n) is 4.61. The predicted octanol–water partition coefficient (Wildman–Crippen LogP) is 5.79. The molecule has 0 bridgehead atoms. The molecule has 129 valence electrons. The van der Waals surface area contributed by atoms with Gasteiger partial charge >= 0.3 is 12.1 Å². The smallest absolute Gasteiger partial charge is 0.450 e. The number of para-hydroxylation sites is 1. The quantitative estimate of drug-likeness (QED) is 0.529. The van der Waals surface area contributed by atoms with E-state index in [1.54, 1.807) is 6.07 Å². The number of nitrogens with zero attached hydrogens (tertiary/aromatic N) is 2. The molecule has 0 amide bonds. The molecular formula is C15H5Cl2F4N2O2. The molecule has 0 N–H and O–H groups in total. The second-order valence-corrected chi connectivity index (χ2v) is 5.42. The van der Waals surface area contributed by atoms with Gasteiger partial charge in [0.2, 0.25) is 5.82 Å². The zero-order valence-corrected chi connectivity index (χ0v) is 13.4. The van der Waals surface area contributed by atoms with Crippen LogP contribution in [0.25, 0.3) is 11.4 Å². The molecule has 0 saturated carbocycles. The van der Waals surface area contributed by atoms with Crippen molar-refractivity contribution in [3.8, 4) is 22.9 Å². The Morgan fingerprint density at radius 2 is 1.80 bits per heavy atom. The molecule has 4 nitrogen and oxygen atoms in total. The van der Waals surface area contributed by atoms with Gasteiger partial charge in [0.25, 0.3) is 0 Å². The van der Waals surface area contributed by atoms with Crippen molar-refractivity contribution in [3.05, 3.63) is 58.2 Å². The van der Waals surface area contributed by atoms with Crippen LogP contribution in [0.1, 0.15) is 5.89 Å². The molecule has 3 aromatic rings. The van der Waals surface area contributed by atoms with Crippen LogP contribution in [-0.2, 0) is 6.18 Å². The third kappa shape index (κ3) is 3.54. The fourth-order valence-corrected chi connectivity index (χ4v) is 2.31. The summed E-state index contributed by atoms with van der Waals surface area (Å²) in [6.45, 7) is 0. The lowest BCUT2D eigenvalue weighted by Gasteiger charge is -2.10. The van der Waals surface area contributed by atoms with Gasteiger partial charge in [0.15, 0.2) is 17.3 Å². The minimum atomic E-state index is -4.84. The van der Waals surface area contributed by atoms with Gasteiger partial charge in [0, 0.05) is 6.07 Å². The molecule has 1 heterocycles. The lowest BCUT2D eigenvalue weighted by molar-refractivity contribution is -0.159. The van der Waals surface area contributed by atoms with E-state index in [-0.39, 0.29) is 21.4 Å². The third-order valence-electron chi connectivity index (χ3n) is 2.93. The third-order valence-corrected chi connectivity index (χ3v) is 3.53. The van der Waals surface area contributed by atoms with Crippen LogP contribution in [0.5, 0.6) is 11.5 Å². The molecule has 0 unspecified atom stereocenters. The average molecular weight is 392 g/mol. The second kappa shape index (κ2) is 6.53. The van der Waals surface area contributed by atoms with Gasteiger partial charge in [0.1, 0.15) is 0 Å². The summed E-state index contributed by atoms with van der Waals surface area (Å²) in [4.78, 5) is 3.13. The Morgan fingerprint density at radius 3 is 2.40 bits per heavy atom. The summed E-state index contributed by atoms with van der Waals surface area (Å²) in [6.07, 6.45) is -4.84. The standard InChI is InChI=1S/C15H5Cl2F4N2O2/c16-8-4-2-5-9(17)12(8)24-10-6-1-3-7(11(10)18)13-22-14(25-23-13)15(19,20)21/h1-5H. The van der Waals surface area contributed by atoms with Crippen LogP contribution in [0, 0.1) is 11.9 Å². The Labute approximate surface area is 147 Å². The van der Waals surface area contributed by atoms with Gasteiger partial charge in [-0.2, -0.15) is 18.2 Å². The molecular weight excluding hydrogens is 387 g/mol. The van der Waals surface area contributed by atoms with Crippen LogP contribution in [0.15, 0.2) is 34.9 Å². The number of alkyl halides is 3. The van der Waals surface area contributed by atoms with Crippen molar-refractivity contribution in [2.75, 3.05) is 0 Å². The molecule has 0 aliphatic heterocycles. The fraction of sp³-hybridized carbons (Fsp3) is 0.0667. The van der Waals surface area contributed by atoms with Crippen molar-refractivity contribution < 1.29 is 26.8 Å². The highest BCUT2D eigenvalue weighted by Gasteiger charge is 2.38. The lowest BCUT2D eigenvalue weighted by atomic mass is 10.2. The summed E-state index contributed by atoms with van der Waals surface area (Å²) in [5.74, 6) is -3.69. The Morgan fingerprint density at radius 1 is 1.12 bits per heavy atom. The number of hydrogen-bond donors (Lipinski definition) is 0. The van der Waals surface area contributed by atoms with Crippen LogP contribution in [-0.4, -0.2) is 10.1 Å². The topological polar surface area (TPSA) is 48.2 Å². The molecule has 25 heavy (non-hydrogen) atoms. The van der Waals surface area contributed by atoms with Gasteiger partial charge < -0.3 is 9.26 Å². The van der Waals surface area contributed by atoms with E-state index >= 15 is 0 Å². The molecule has 10 heteroatoms. The predicted molar refractivity (Wildman–Crippen MR) is 80.1 cm³/mol. The van der Waals surface area contributed by atoms with E-state index in [2.05, 4.69) is 20.7 Å². The Bertz CT molecular complexity index is 908. The highest BCUT2D eigenvalue weighted by Crippen LogP contribution is 2.38. The van der Waals surface area contributed by atoms with Gasteiger partial charge in [0.05, 0.1) is 15.6 Å². The van der Waals surface area contributed by atoms with Crippen LogP contribution in [0.2, 0.25) is 10.0 Å². The average Bonchev–Trinajstić information content (AvgIpc) is 3.02. The van der Waals surface area contributed by atoms with Gasteiger partial charge in [-0.1, -0.05) is 34.4 Å². The zero-order chi connectivity index (χ0) is 18.2. The maximum Gasteiger partial charge on any atom is 0.471 e. The van der Waals surface area contributed by atoms with E-state index < -0.39 is 29.5 Å². The van der Waals surface area contributed by atoms with E-state index in [0.717, 1.165) is 6.07 Å². The first-order valence-electron chi connectivity index (χ1n) is 6.50. The number of aromatic nitrogens is 2. The normalized spacial score (nSPS) is 11.6. The lowest BCUT2D eigenvalue weighted by Crippen LogP contribution is -2.05. The minimum Gasteiger partial charge on any atom is -0.450 e.